The third-order valence-corrected chi connectivity index (χ3v) is 4.58. The summed E-state index contributed by atoms with van der Waals surface area (Å²) in [5.74, 6) is 0.864. The molecule has 0 aliphatic heterocycles. The van der Waals surface area contributed by atoms with Gasteiger partial charge in [0, 0.05) is 16.6 Å². The fraction of sp³-hybridized carbons (Fsp3) is 0.562. The molecular weight excluding hydrogens is 316 g/mol. The molecule has 3 N–H and O–H groups in total. The highest BCUT2D eigenvalue weighted by Crippen LogP contribution is 2.25. The Bertz CT molecular complexity index is 449. The van der Waals surface area contributed by atoms with E-state index < -0.39 is 0 Å². The zero-order chi connectivity index (χ0) is 15.3. The summed E-state index contributed by atoms with van der Waals surface area (Å²) in [5.41, 5.74) is 8.85. The maximum absolute atomic E-state index is 12.1. The molecule has 3 nitrogen and oxygen atoms in total. The number of nitrogens with two attached hydrogens (primary N) is 1. The summed E-state index contributed by atoms with van der Waals surface area (Å²) < 4.78 is 1.09. The van der Waals surface area contributed by atoms with Crippen LogP contribution in [0.4, 0.5) is 5.69 Å². The van der Waals surface area contributed by atoms with Gasteiger partial charge in [0.1, 0.15) is 0 Å². The van der Waals surface area contributed by atoms with E-state index in [9.17, 15) is 4.79 Å². The normalized spacial score (nSPS) is 12.6. The van der Waals surface area contributed by atoms with Crippen LogP contribution >= 0.6 is 15.9 Å². The number of halogens is 1. The Balaban J connectivity index is 2.66. The van der Waals surface area contributed by atoms with Gasteiger partial charge in [0.05, 0.1) is 0 Å². The number of hydrogen-bond acceptors (Lipinski definition) is 2. The van der Waals surface area contributed by atoms with Gasteiger partial charge in [0.25, 0.3) is 0 Å². The molecule has 4 heteroatoms. The number of anilines is 1. The van der Waals surface area contributed by atoms with Crippen molar-refractivity contribution in [3.05, 3.63) is 27.7 Å². The molecular formula is C16H25BrN2O. The lowest BCUT2D eigenvalue weighted by molar-refractivity contribution is -0.117. The van der Waals surface area contributed by atoms with E-state index in [1.807, 2.05) is 26.0 Å². The van der Waals surface area contributed by atoms with Crippen LogP contribution < -0.4 is 11.1 Å². The van der Waals surface area contributed by atoms with Crippen LogP contribution in [0, 0.1) is 25.7 Å². The van der Waals surface area contributed by atoms with Crippen molar-refractivity contribution in [3.8, 4) is 0 Å². The quantitative estimate of drug-likeness (QED) is 0.821. The molecule has 0 heterocycles. The number of aryl methyl sites for hydroxylation is 2. The van der Waals surface area contributed by atoms with Crippen LogP contribution in [0.3, 0.4) is 0 Å². The Kier molecular flexibility index (Phi) is 6.69. The average Bonchev–Trinajstić information content (AvgIpc) is 2.34. The largest absolute Gasteiger partial charge is 0.330 e. The molecule has 0 saturated carbocycles. The molecule has 1 aromatic carbocycles. The molecule has 0 radical (unpaired) electrons. The first-order valence-electron chi connectivity index (χ1n) is 7.10. The minimum atomic E-state index is 0.0437. The zero-order valence-corrected chi connectivity index (χ0v) is 14.4. The van der Waals surface area contributed by atoms with E-state index in [2.05, 4.69) is 35.1 Å². The molecule has 1 rings (SSSR count). The summed E-state index contributed by atoms with van der Waals surface area (Å²) in [4.78, 5) is 12.1. The van der Waals surface area contributed by atoms with Gasteiger partial charge >= 0.3 is 0 Å². The first-order valence-corrected chi connectivity index (χ1v) is 7.89. The maximum atomic E-state index is 12.1. The monoisotopic (exact) mass is 340 g/mol. The van der Waals surface area contributed by atoms with E-state index in [1.54, 1.807) is 0 Å². The van der Waals surface area contributed by atoms with Crippen LogP contribution in [-0.4, -0.2) is 12.5 Å². The van der Waals surface area contributed by atoms with Crippen LogP contribution in [0.15, 0.2) is 16.6 Å². The van der Waals surface area contributed by atoms with Crippen LogP contribution in [0.25, 0.3) is 0 Å². The molecule has 0 fully saturated rings. The first-order chi connectivity index (χ1) is 9.33. The summed E-state index contributed by atoms with van der Waals surface area (Å²) in [5, 5.41) is 2.97. The van der Waals surface area contributed by atoms with Gasteiger partial charge in [0.2, 0.25) is 5.91 Å². The highest BCUT2D eigenvalue weighted by atomic mass is 79.9. The number of hydrogen-bond donors (Lipinski definition) is 2. The highest BCUT2D eigenvalue weighted by molar-refractivity contribution is 9.10. The second-order valence-corrected chi connectivity index (χ2v) is 6.70. The number of amides is 1. The molecule has 0 bridgehead atoms. The predicted molar refractivity (Wildman–Crippen MR) is 88.9 cm³/mol. The molecule has 0 aliphatic carbocycles. The number of benzene rings is 1. The van der Waals surface area contributed by atoms with Crippen molar-refractivity contribution in [1.29, 1.82) is 0 Å². The molecule has 1 amide bonds. The fourth-order valence-corrected chi connectivity index (χ4v) is 2.65. The predicted octanol–water partition coefficient (Wildman–Crippen LogP) is 4.02. The summed E-state index contributed by atoms with van der Waals surface area (Å²) in [6, 6.07) is 3.96. The average molecular weight is 341 g/mol. The Morgan fingerprint density at radius 2 is 1.85 bits per heavy atom. The van der Waals surface area contributed by atoms with Gasteiger partial charge in [-0.15, -0.1) is 0 Å². The van der Waals surface area contributed by atoms with Crippen LogP contribution in [-0.2, 0) is 4.79 Å². The van der Waals surface area contributed by atoms with Crippen LogP contribution in [0.2, 0.25) is 0 Å². The summed E-state index contributed by atoms with van der Waals surface area (Å²) in [7, 11) is 0. The summed E-state index contributed by atoms with van der Waals surface area (Å²) in [6.45, 7) is 8.91. The van der Waals surface area contributed by atoms with Crippen molar-refractivity contribution >= 4 is 27.5 Å². The number of carbonyl (C=O) groups excluding carboxylic acids is 1. The third kappa shape index (κ3) is 5.25. The Morgan fingerprint density at radius 1 is 1.30 bits per heavy atom. The van der Waals surface area contributed by atoms with E-state index in [-0.39, 0.29) is 11.8 Å². The molecule has 0 aromatic heterocycles. The van der Waals surface area contributed by atoms with Gasteiger partial charge in [-0.05, 0) is 61.9 Å². The molecule has 20 heavy (non-hydrogen) atoms. The van der Waals surface area contributed by atoms with Gasteiger partial charge in [-0.1, -0.05) is 29.8 Å². The maximum Gasteiger partial charge on any atom is 0.224 e. The van der Waals surface area contributed by atoms with E-state index >= 15 is 0 Å². The molecule has 112 valence electrons. The number of rotatable bonds is 6. The van der Waals surface area contributed by atoms with Crippen molar-refractivity contribution in [2.24, 2.45) is 17.6 Å². The third-order valence-electron chi connectivity index (χ3n) is 3.33. The van der Waals surface area contributed by atoms with Gasteiger partial charge in [-0.2, -0.15) is 0 Å². The van der Waals surface area contributed by atoms with Crippen LogP contribution in [0.5, 0.6) is 0 Å². The van der Waals surface area contributed by atoms with E-state index in [4.69, 9.17) is 5.73 Å². The van der Waals surface area contributed by atoms with Crippen molar-refractivity contribution in [2.75, 3.05) is 11.9 Å². The van der Waals surface area contributed by atoms with Gasteiger partial charge in [-0.25, -0.2) is 0 Å². The number of carbonyl (C=O) groups is 1. The van der Waals surface area contributed by atoms with Crippen molar-refractivity contribution in [2.45, 2.75) is 40.5 Å². The molecule has 1 atom stereocenters. The first kappa shape index (κ1) is 17.2. The lowest BCUT2D eigenvalue weighted by Crippen LogP contribution is -2.23. The van der Waals surface area contributed by atoms with Gasteiger partial charge in [-0.3, -0.25) is 4.79 Å². The Morgan fingerprint density at radius 3 is 2.30 bits per heavy atom. The Hall–Kier alpha value is -0.870. The highest BCUT2D eigenvalue weighted by Gasteiger charge is 2.14. The van der Waals surface area contributed by atoms with Gasteiger partial charge in [0.15, 0.2) is 0 Å². The van der Waals surface area contributed by atoms with Crippen LogP contribution in [0.1, 0.15) is 37.8 Å². The van der Waals surface area contributed by atoms with E-state index in [0.29, 0.717) is 18.9 Å². The standard InChI is InChI=1S/C16H25BrN2O/c1-10(2)5-13(9-18)8-15(20)19-14-6-11(3)16(17)12(4)7-14/h6-7,10,13H,5,8-9,18H2,1-4H3,(H,19,20). The number of nitrogens with one attached hydrogen (secondary N) is 1. The summed E-state index contributed by atoms with van der Waals surface area (Å²) in [6.07, 6.45) is 1.48. The van der Waals surface area contributed by atoms with Crippen molar-refractivity contribution in [1.82, 2.24) is 0 Å². The lowest BCUT2D eigenvalue weighted by Gasteiger charge is -2.17. The molecule has 1 unspecified atom stereocenters. The lowest BCUT2D eigenvalue weighted by atomic mass is 9.94. The fourth-order valence-electron chi connectivity index (χ4n) is 2.42. The van der Waals surface area contributed by atoms with E-state index in [0.717, 1.165) is 27.7 Å². The minimum absolute atomic E-state index is 0.0437. The second-order valence-electron chi connectivity index (χ2n) is 5.91. The molecule has 0 aliphatic rings. The summed E-state index contributed by atoms with van der Waals surface area (Å²) >= 11 is 3.53. The molecule has 1 aromatic rings. The molecule has 0 saturated heterocycles. The molecule has 0 spiro atoms. The smallest absolute Gasteiger partial charge is 0.224 e. The topological polar surface area (TPSA) is 55.1 Å². The second kappa shape index (κ2) is 7.79. The zero-order valence-electron chi connectivity index (χ0n) is 12.8. The Labute approximate surface area is 130 Å². The minimum Gasteiger partial charge on any atom is -0.330 e. The SMILES string of the molecule is Cc1cc(NC(=O)CC(CN)CC(C)C)cc(C)c1Br. The van der Waals surface area contributed by atoms with Crippen molar-refractivity contribution in [3.63, 3.8) is 0 Å². The van der Waals surface area contributed by atoms with Crippen molar-refractivity contribution < 1.29 is 4.79 Å². The van der Waals surface area contributed by atoms with E-state index in [1.165, 1.54) is 0 Å². The van der Waals surface area contributed by atoms with Gasteiger partial charge < -0.3 is 11.1 Å².